The average Bonchev–Trinajstić information content (AvgIpc) is 3.63. The Labute approximate surface area is 224 Å². The normalized spacial score (nSPS) is 28.9. The molecule has 0 bridgehead atoms. The molecule has 3 amide bonds. The molecule has 4 aliphatic rings. The number of aromatic nitrogens is 1. The van der Waals surface area contributed by atoms with Crippen LogP contribution in [0.2, 0.25) is 0 Å². The van der Waals surface area contributed by atoms with Crippen LogP contribution >= 0.6 is 23.1 Å². The fourth-order valence-electron chi connectivity index (χ4n) is 5.19. The molecule has 16 heteroatoms. The number of aliphatic carboxylic acids is 1. The predicted molar refractivity (Wildman–Crippen MR) is 138 cm³/mol. The van der Waals surface area contributed by atoms with E-state index in [1.165, 1.54) is 17.1 Å². The van der Waals surface area contributed by atoms with Gasteiger partial charge in [0.1, 0.15) is 17.1 Å². The molecular weight excluding hydrogens is 536 g/mol. The number of nitrogen functional groups attached to an aromatic ring is 1. The van der Waals surface area contributed by atoms with Gasteiger partial charge >= 0.3 is 5.97 Å². The Kier molecular flexibility index (Phi) is 7.21. The van der Waals surface area contributed by atoms with Crippen molar-refractivity contribution in [1.82, 2.24) is 25.4 Å². The van der Waals surface area contributed by atoms with Crippen LogP contribution in [0.15, 0.2) is 33.5 Å². The molecular formula is C22H26N8O6S2. The summed E-state index contributed by atoms with van der Waals surface area (Å²) >= 11 is 2.31. The van der Waals surface area contributed by atoms with Gasteiger partial charge in [0.25, 0.3) is 11.8 Å². The van der Waals surface area contributed by atoms with Gasteiger partial charge < -0.3 is 32.1 Å². The summed E-state index contributed by atoms with van der Waals surface area (Å²) in [6.07, 6.45) is 2.82. The molecule has 38 heavy (non-hydrogen) atoms. The summed E-state index contributed by atoms with van der Waals surface area (Å²) < 4.78 is 0. The maximum absolute atomic E-state index is 13.1. The van der Waals surface area contributed by atoms with Crippen LogP contribution in [0.3, 0.4) is 0 Å². The standard InChI is InChI=1S/C22H26N8O6S2/c23-5-11-4-12(6-25-11)29-2-1-9(18(29)32)3-10-7-37-20-15(19(33)30(20)16(10)21(34)35)27-17(31)14(28-36)13-8-38-22(24)26-13/h3,8,11-12,14-15,20,25H,1-2,4-7,23H2,(H2,24,26)(H,27,31)(H,34,35). The maximum Gasteiger partial charge on any atom is 0.352 e. The number of anilines is 1. The van der Waals surface area contributed by atoms with Crippen LogP contribution in [-0.2, 0) is 19.2 Å². The Bertz CT molecular complexity index is 1260. The monoisotopic (exact) mass is 562 g/mol. The number of nitrogens with two attached hydrogens (primary N) is 2. The van der Waals surface area contributed by atoms with Gasteiger partial charge in [0.2, 0.25) is 11.9 Å². The third-order valence-electron chi connectivity index (χ3n) is 7.10. The summed E-state index contributed by atoms with van der Waals surface area (Å²) in [5, 5.41) is 19.5. The Hall–Kier alpha value is -3.34. The highest BCUT2D eigenvalue weighted by Crippen LogP contribution is 2.41. The van der Waals surface area contributed by atoms with Gasteiger partial charge in [-0.2, -0.15) is 0 Å². The molecule has 5 atom stereocenters. The molecule has 0 aliphatic carbocycles. The third kappa shape index (κ3) is 4.57. The SMILES string of the molecule is NCC1CC(N2CCC(=CC3=C(C(=O)O)N4C(=O)C(NC(=O)C(N=O)c5csc(N)n5)C4SC3)C2=O)CN1. The van der Waals surface area contributed by atoms with E-state index in [4.69, 9.17) is 11.5 Å². The van der Waals surface area contributed by atoms with E-state index in [0.717, 1.165) is 22.7 Å². The summed E-state index contributed by atoms with van der Waals surface area (Å²) in [5.74, 6) is -2.69. The number of carbonyl (C=O) groups is 4. The Morgan fingerprint density at radius 3 is 2.82 bits per heavy atom. The molecule has 4 aliphatic heterocycles. The first kappa shape index (κ1) is 26.3. The highest BCUT2D eigenvalue weighted by Gasteiger charge is 2.54. The molecule has 1 aromatic rings. The van der Waals surface area contributed by atoms with Crippen molar-refractivity contribution in [3.05, 3.63) is 38.9 Å². The molecule has 0 saturated carbocycles. The first-order valence-corrected chi connectivity index (χ1v) is 13.9. The lowest BCUT2D eigenvalue weighted by atomic mass is 10.0. The first-order chi connectivity index (χ1) is 18.2. The van der Waals surface area contributed by atoms with E-state index in [0.29, 0.717) is 37.2 Å². The van der Waals surface area contributed by atoms with Crippen LogP contribution in [0.5, 0.6) is 0 Å². The summed E-state index contributed by atoms with van der Waals surface area (Å²) in [7, 11) is 0. The number of rotatable bonds is 8. The summed E-state index contributed by atoms with van der Waals surface area (Å²) in [6, 6.07) is -2.32. The maximum atomic E-state index is 13.1. The minimum Gasteiger partial charge on any atom is -0.477 e. The third-order valence-corrected chi connectivity index (χ3v) is 9.10. The van der Waals surface area contributed by atoms with Crippen molar-refractivity contribution < 1.29 is 24.3 Å². The zero-order valence-electron chi connectivity index (χ0n) is 20.0. The van der Waals surface area contributed by atoms with E-state index in [1.807, 2.05) is 0 Å². The fraction of sp³-hybridized carbons (Fsp3) is 0.500. The predicted octanol–water partition coefficient (Wildman–Crippen LogP) is -0.881. The van der Waals surface area contributed by atoms with Crippen molar-refractivity contribution in [2.75, 3.05) is 31.1 Å². The second-order valence-corrected chi connectivity index (χ2v) is 11.3. The van der Waals surface area contributed by atoms with Gasteiger partial charge in [0.05, 0.1) is 5.69 Å². The summed E-state index contributed by atoms with van der Waals surface area (Å²) in [6.45, 7) is 1.69. The number of amides is 3. The van der Waals surface area contributed by atoms with Crippen molar-refractivity contribution in [1.29, 1.82) is 0 Å². The quantitative estimate of drug-likeness (QED) is 0.149. The van der Waals surface area contributed by atoms with Crippen LogP contribution in [0.4, 0.5) is 5.13 Å². The minimum absolute atomic E-state index is 0.0340. The Balaban J connectivity index is 1.31. The van der Waals surface area contributed by atoms with Gasteiger partial charge in [-0.25, -0.2) is 9.78 Å². The second-order valence-electron chi connectivity index (χ2n) is 9.34. The van der Waals surface area contributed by atoms with E-state index in [1.54, 1.807) is 11.0 Å². The van der Waals surface area contributed by atoms with E-state index in [-0.39, 0.29) is 40.3 Å². The molecule has 5 heterocycles. The van der Waals surface area contributed by atoms with Crippen molar-refractivity contribution >= 4 is 51.9 Å². The lowest BCUT2D eigenvalue weighted by Gasteiger charge is -2.49. The molecule has 0 radical (unpaired) electrons. The van der Waals surface area contributed by atoms with E-state index < -0.39 is 35.2 Å². The number of hydrogen-bond acceptors (Lipinski definition) is 12. The van der Waals surface area contributed by atoms with Gasteiger partial charge in [0.15, 0.2) is 5.13 Å². The van der Waals surface area contributed by atoms with E-state index in [2.05, 4.69) is 20.8 Å². The van der Waals surface area contributed by atoms with Crippen LogP contribution in [0, 0.1) is 4.91 Å². The molecule has 5 rings (SSSR count). The Morgan fingerprint density at radius 1 is 1.39 bits per heavy atom. The van der Waals surface area contributed by atoms with Crippen LogP contribution in [0.1, 0.15) is 24.6 Å². The summed E-state index contributed by atoms with van der Waals surface area (Å²) in [5.41, 5.74) is 12.0. The zero-order valence-corrected chi connectivity index (χ0v) is 21.7. The molecule has 0 spiro atoms. The molecule has 0 aromatic carbocycles. The van der Waals surface area contributed by atoms with Crippen LogP contribution in [-0.4, -0.2) is 92.5 Å². The topological polar surface area (TPSA) is 213 Å². The minimum atomic E-state index is -1.49. The van der Waals surface area contributed by atoms with Gasteiger partial charge in [-0.15, -0.1) is 28.0 Å². The molecule has 14 nitrogen and oxygen atoms in total. The number of allylic oxidation sites excluding steroid dienone is 1. The molecule has 7 N–H and O–H groups in total. The molecule has 3 fully saturated rings. The van der Waals surface area contributed by atoms with Crippen molar-refractivity contribution in [2.24, 2.45) is 10.9 Å². The average molecular weight is 563 g/mol. The number of β-lactam (4-membered cyclic amide) rings is 1. The van der Waals surface area contributed by atoms with Crippen molar-refractivity contribution in [2.45, 2.75) is 42.4 Å². The van der Waals surface area contributed by atoms with Crippen molar-refractivity contribution in [3.8, 4) is 0 Å². The number of nitrogens with one attached hydrogen (secondary N) is 2. The smallest absolute Gasteiger partial charge is 0.352 e. The van der Waals surface area contributed by atoms with E-state index >= 15 is 0 Å². The molecule has 3 saturated heterocycles. The number of carbonyl (C=O) groups excluding carboxylic acids is 3. The lowest BCUT2D eigenvalue weighted by Crippen LogP contribution is -2.70. The highest BCUT2D eigenvalue weighted by atomic mass is 32.2. The number of thiazole rings is 1. The number of likely N-dealkylation sites (tertiary alicyclic amines) is 1. The van der Waals surface area contributed by atoms with Gasteiger partial charge in [-0.3, -0.25) is 19.3 Å². The van der Waals surface area contributed by atoms with E-state index in [9.17, 15) is 29.2 Å². The van der Waals surface area contributed by atoms with Gasteiger partial charge in [-0.05, 0) is 29.7 Å². The molecule has 202 valence electrons. The largest absolute Gasteiger partial charge is 0.477 e. The Morgan fingerprint density at radius 2 is 2.18 bits per heavy atom. The first-order valence-electron chi connectivity index (χ1n) is 11.9. The number of carboxylic acids is 1. The summed E-state index contributed by atoms with van der Waals surface area (Å²) in [4.78, 5) is 69.1. The van der Waals surface area contributed by atoms with Crippen LogP contribution < -0.4 is 22.1 Å². The molecule has 1 aromatic heterocycles. The number of nitroso groups, excluding NO2 is 1. The number of nitrogens with zero attached hydrogens (tertiary/aromatic N) is 4. The fourth-order valence-corrected chi connectivity index (χ4v) is 7.08. The number of thioether (sulfide) groups is 1. The zero-order chi connectivity index (χ0) is 27.1. The number of fused-ring (bicyclic) bond motifs is 1. The van der Waals surface area contributed by atoms with Gasteiger partial charge in [0, 0.05) is 48.4 Å². The van der Waals surface area contributed by atoms with Crippen molar-refractivity contribution in [3.63, 3.8) is 0 Å². The molecule has 5 unspecified atom stereocenters. The van der Waals surface area contributed by atoms with Gasteiger partial charge in [-0.1, -0.05) is 0 Å². The highest BCUT2D eigenvalue weighted by molar-refractivity contribution is 8.00. The lowest BCUT2D eigenvalue weighted by molar-refractivity contribution is -0.150. The number of hydrogen-bond donors (Lipinski definition) is 5. The second kappa shape index (κ2) is 10.4. The number of carboxylic acid groups (broad SMARTS) is 1. The van der Waals surface area contributed by atoms with Crippen LogP contribution in [0.25, 0.3) is 0 Å².